The molecule has 0 radical (unpaired) electrons. The van der Waals surface area contributed by atoms with Gasteiger partial charge in [0.05, 0.1) is 12.6 Å². The fraction of sp³-hybridized carbons (Fsp3) is 0.421. The summed E-state index contributed by atoms with van der Waals surface area (Å²) in [6, 6.07) is 10.7. The number of aryl methyl sites for hydroxylation is 1. The molecule has 4 rings (SSSR count). The number of piperidine rings is 1. The van der Waals surface area contributed by atoms with Crippen LogP contribution in [0.2, 0.25) is 0 Å². The minimum Gasteiger partial charge on any atom is -0.338 e. The minimum absolute atomic E-state index is 0.192. The van der Waals surface area contributed by atoms with Gasteiger partial charge in [-0.05, 0) is 31.9 Å². The number of hydrogen-bond donors (Lipinski definition) is 0. The van der Waals surface area contributed by atoms with E-state index in [0.29, 0.717) is 5.82 Å². The summed E-state index contributed by atoms with van der Waals surface area (Å²) in [6.07, 6.45) is 7.39. The van der Waals surface area contributed by atoms with Crippen molar-refractivity contribution in [2.24, 2.45) is 0 Å². The molecule has 1 aliphatic rings. The highest BCUT2D eigenvalue weighted by Crippen LogP contribution is 2.31. The number of aromatic nitrogens is 4. The van der Waals surface area contributed by atoms with Crippen LogP contribution in [0.4, 0.5) is 0 Å². The first kappa shape index (κ1) is 16.0. The third kappa shape index (κ3) is 3.64. The van der Waals surface area contributed by atoms with Crippen LogP contribution in [0.1, 0.15) is 48.4 Å². The molecule has 0 bridgehead atoms. The fourth-order valence-electron chi connectivity index (χ4n) is 3.51. The molecule has 0 unspecified atom stereocenters. The molecule has 130 valence electrons. The maximum absolute atomic E-state index is 5.45. The summed E-state index contributed by atoms with van der Waals surface area (Å²) < 4.78 is 7.67. The van der Waals surface area contributed by atoms with Crippen molar-refractivity contribution >= 4 is 0 Å². The maximum atomic E-state index is 5.45. The van der Waals surface area contributed by atoms with Crippen LogP contribution < -0.4 is 0 Å². The van der Waals surface area contributed by atoms with Crippen LogP contribution in [0.3, 0.4) is 0 Å². The van der Waals surface area contributed by atoms with Crippen molar-refractivity contribution in [3.8, 4) is 0 Å². The number of nitrogens with zero attached hydrogens (tertiary/aromatic N) is 5. The second-order valence-electron chi connectivity index (χ2n) is 6.62. The van der Waals surface area contributed by atoms with E-state index in [2.05, 4.69) is 55.1 Å². The summed E-state index contributed by atoms with van der Waals surface area (Å²) in [7, 11) is 0. The van der Waals surface area contributed by atoms with Crippen molar-refractivity contribution in [1.29, 1.82) is 0 Å². The lowest BCUT2D eigenvalue weighted by Gasteiger charge is -2.33. The van der Waals surface area contributed by atoms with Gasteiger partial charge in [-0.25, -0.2) is 4.98 Å². The Labute approximate surface area is 147 Å². The van der Waals surface area contributed by atoms with Crippen LogP contribution in [-0.2, 0) is 13.1 Å². The highest BCUT2D eigenvalue weighted by Gasteiger charge is 2.29. The van der Waals surface area contributed by atoms with E-state index in [1.807, 2.05) is 19.2 Å². The van der Waals surface area contributed by atoms with E-state index in [1.54, 1.807) is 0 Å². The van der Waals surface area contributed by atoms with Gasteiger partial charge in [0, 0.05) is 18.9 Å². The molecular formula is C19H23N5O. The van der Waals surface area contributed by atoms with Crippen LogP contribution in [0, 0.1) is 6.92 Å². The summed E-state index contributed by atoms with van der Waals surface area (Å²) in [4.78, 5) is 11.5. The maximum Gasteiger partial charge on any atom is 0.243 e. The topological polar surface area (TPSA) is 60.0 Å². The van der Waals surface area contributed by atoms with Crippen molar-refractivity contribution in [2.45, 2.75) is 45.3 Å². The Balaban J connectivity index is 1.52. The molecule has 0 saturated carbocycles. The second kappa shape index (κ2) is 7.19. The Hall–Kier alpha value is -2.47. The third-order valence-electron chi connectivity index (χ3n) is 4.78. The molecule has 1 aromatic carbocycles. The van der Waals surface area contributed by atoms with E-state index < -0.39 is 0 Å². The third-order valence-corrected chi connectivity index (χ3v) is 4.78. The van der Waals surface area contributed by atoms with Crippen LogP contribution in [0.15, 0.2) is 47.2 Å². The number of rotatable bonds is 5. The summed E-state index contributed by atoms with van der Waals surface area (Å²) in [5.41, 5.74) is 1.28. The summed E-state index contributed by atoms with van der Waals surface area (Å²) in [6.45, 7) is 4.54. The number of benzene rings is 1. The van der Waals surface area contributed by atoms with Gasteiger partial charge in [0.15, 0.2) is 5.82 Å². The number of likely N-dealkylation sites (tertiary alicyclic amines) is 1. The number of imidazole rings is 1. The number of hydrogen-bond acceptors (Lipinski definition) is 5. The predicted molar refractivity (Wildman–Crippen MR) is 93.8 cm³/mol. The van der Waals surface area contributed by atoms with Crippen molar-refractivity contribution in [1.82, 2.24) is 24.6 Å². The second-order valence-corrected chi connectivity index (χ2v) is 6.62. The zero-order chi connectivity index (χ0) is 17.1. The Morgan fingerprint density at radius 3 is 2.84 bits per heavy atom. The lowest BCUT2D eigenvalue weighted by Crippen LogP contribution is -2.34. The van der Waals surface area contributed by atoms with Gasteiger partial charge in [-0.1, -0.05) is 41.9 Å². The molecule has 0 amide bonds. The fourth-order valence-corrected chi connectivity index (χ4v) is 3.51. The van der Waals surface area contributed by atoms with E-state index in [4.69, 9.17) is 4.52 Å². The molecule has 6 nitrogen and oxygen atoms in total. The van der Waals surface area contributed by atoms with Crippen molar-refractivity contribution < 1.29 is 4.52 Å². The van der Waals surface area contributed by atoms with Crippen LogP contribution in [0.25, 0.3) is 0 Å². The van der Waals surface area contributed by atoms with Gasteiger partial charge in [-0.3, -0.25) is 4.90 Å². The van der Waals surface area contributed by atoms with Crippen molar-refractivity contribution in [2.75, 3.05) is 6.54 Å². The first-order chi connectivity index (χ1) is 12.3. The van der Waals surface area contributed by atoms with E-state index in [1.165, 1.54) is 18.4 Å². The van der Waals surface area contributed by atoms with Gasteiger partial charge in [-0.15, -0.1) is 0 Å². The zero-order valence-corrected chi connectivity index (χ0v) is 14.5. The highest BCUT2D eigenvalue weighted by molar-refractivity contribution is 5.16. The van der Waals surface area contributed by atoms with Crippen LogP contribution in [-0.4, -0.2) is 31.1 Å². The summed E-state index contributed by atoms with van der Waals surface area (Å²) in [5, 5.41) is 3.96. The molecule has 2 aromatic heterocycles. The molecule has 0 spiro atoms. The predicted octanol–water partition coefficient (Wildman–Crippen LogP) is 3.35. The Morgan fingerprint density at radius 2 is 2.04 bits per heavy atom. The summed E-state index contributed by atoms with van der Waals surface area (Å²) in [5.74, 6) is 2.51. The molecule has 25 heavy (non-hydrogen) atoms. The SMILES string of the molecule is Cc1noc([C@H]2CCCCN2Cc2nccn2Cc2ccccc2)n1. The van der Waals surface area contributed by atoms with Crippen LogP contribution in [0.5, 0.6) is 0 Å². The van der Waals surface area contributed by atoms with Crippen molar-refractivity contribution in [3.05, 3.63) is 65.8 Å². The first-order valence-corrected chi connectivity index (χ1v) is 8.88. The first-order valence-electron chi connectivity index (χ1n) is 8.88. The molecule has 0 N–H and O–H groups in total. The molecule has 0 aliphatic carbocycles. The largest absolute Gasteiger partial charge is 0.338 e. The average molecular weight is 337 g/mol. The van der Waals surface area contributed by atoms with E-state index >= 15 is 0 Å². The van der Waals surface area contributed by atoms with Gasteiger partial charge >= 0.3 is 0 Å². The van der Waals surface area contributed by atoms with Gasteiger partial charge in [0.1, 0.15) is 5.82 Å². The van der Waals surface area contributed by atoms with Gasteiger partial charge in [0.25, 0.3) is 0 Å². The molecule has 1 aliphatic heterocycles. The molecular weight excluding hydrogens is 314 g/mol. The molecule has 1 saturated heterocycles. The molecule has 6 heteroatoms. The highest BCUT2D eigenvalue weighted by atomic mass is 16.5. The normalized spacial score (nSPS) is 18.5. The average Bonchev–Trinajstić information content (AvgIpc) is 3.26. The Morgan fingerprint density at radius 1 is 1.16 bits per heavy atom. The molecule has 3 aromatic rings. The quantitative estimate of drug-likeness (QED) is 0.714. The van der Waals surface area contributed by atoms with Gasteiger partial charge in [-0.2, -0.15) is 4.98 Å². The molecule has 1 fully saturated rings. The lowest BCUT2D eigenvalue weighted by molar-refractivity contribution is 0.107. The minimum atomic E-state index is 0.192. The van der Waals surface area contributed by atoms with E-state index in [0.717, 1.165) is 37.8 Å². The van der Waals surface area contributed by atoms with E-state index in [-0.39, 0.29) is 6.04 Å². The monoisotopic (exact) mass is 337 g/mol. The Kier molecular flexibility index (Phi) is 4.61. The smallest absolute Gasteiger partial charge is 0.243 e. The summed E-state index contributed by atoms with van der Waals surface area (Å²) >= 11 is 0. The van der Waals surface area contributed by atoms with Gasteiger partial charge < -0.3 is 9.09 Å². The van der Waals surface area contributed by atoms with E-state index in [9.17, 15) is 0 Å². The van der Waals surface area contributed by atoms with Crippen LogP contribution >= 0.6 is 0 Å². The van der Waals surface area contributed by atoms with Crippen molar-refractivity contribution in [3.63, 3.8) is 0 Å². The zero-order valence-electron chi connectivity index (χ0n) is 14.5. The molecule has 1 atom stereocenters. The molecule has 3 heterocycles. The standard InChI is InChI=1S/C19H23N5O/c1-15-21-19(25-22-15)17-9-5-6-11-23(17)14-18-20-10-12-24(18)13-16-7-3-2-4-8-16/h2-4,7-8,10,12,17H,5-6,9,11,13-14H2,1H3/t17-/m1/s1. The lowest BCUT2D eigenvalue weighted by atomic mass is 10.0. The van der Waals surface area contributed by atoms with Gasteiger partial charge in [0.2, 0.25) is 5.89 Å². The Bertz CT molecular complexity index is 810.